The Labute approximate surface area is 370 Å². The quantitative estimate of drug-likeness (QED) is 0.113. The Hall–Kier alpha value is -3.23. The molecule has 2 heterocycles. The van der Waals surface area contributed by atoms with E-state index in [9.17, 15) is 24.3 Å². The summed E-state index contributed by atoms with van der Waals surface area (Å²) in [7, 11) is 0. The number of aryl methyl sites for hydroxylation is 2. The lowest BCUT2D eigenvalue weighted by atomic mass is 9.80. The van der Waals surface area contributed by atoms with Crippen molar-refractivity contribution in [1.29, 1.82) is 0 Å². The van der Waals surface area contributed by atoms with Gasteiger partial charge >= 0.3 is 11.6 Å². The van der Waals surface area contributed by atoms with Crippen LogP contribution in [-0.2, 0) is 33.3 Å². The number of hydrogen-bond donors (Lipinski definition) is 3. The van der Waals surface area contributed by atoms with Crippen LogP contribution >= 0.6 is 58.0 Å². The molecule has 2 aliphatic carbocycles. The molecule has 324 valence electrons. The summed E-state index contributed by atoms with van der Waals surface area (Å²) in [6, 6.07) is 6.72. The molecule has 3 N–H and O–H groups in total. The van der Waals surface area contributed by atoms with E-state index in [2.05, 4.69) is 15.4 Å². The smallest absolute Gasteiger partial charge is 0.509 e. The van der Waals surface area contributed by atoms with Crippen LogP contribution in [0.2, 0.25) is 20.1 Å². The molecule has 0 radical (unpaired) electrons. The zero-order valence-electron chi connectivity index (χ0n) is 33.6. The molecule has 2 aromatic carbocycles. The lowest BCUT2D eigenvalue weighted by Gasteiger charge is -2.34. The van der Waals surface area contributed by atoms with E-state index in [1.165, 1.54) is 0 Å². The second kappa shape index (κ2) is 22.6. The summed E-state index contributed by atoms with van der Waals surface area (Å²) in [5.41, 5.74) is 1.10. The molecular weight excluding hydrogens is 870 g/mol. The van der Waals surface area contributed by atoms with Crippen molar-refractivity contribution >= 4 is 92.5 Å². The molecule has 0 atom stereocenters. The summed E-state index contributed by atoms with van der Waals surface area (Å²) in [6.45, 7) is 9.55. The summed E-state index contributed by atoms with van der Waals surface area (Å²) in [5, 5.41) is 18.5. The number of nitrogens with one attached hydrogen (secondary N) is 2. The topological polar surface area (TPSA) is 159 Å². The van der Waals surface area contributed by atoms with Crippen LogP contribution in [0, 0.1) is 13.8 Å². The van der Waals surface area contributed by atoms with Crippen molar-refractivity contribution in [3.63, 3.8) is 0 Å². The molecule has 12 nitrogen and oxygen atoms in total. The Morgan fingerprint density at radius 3 is 1.58 bits per heavy atom. The number of carbonyl (C=O) groups is 4. The van der Waals surface area contributed by atoms with Crippen molar-refractivity contribution in [3.05, 3.63) is 78.1 Å². The molecule has 17 heteroatoms. The molecule has 2 saturated carbocycles. The minimum atomic E-state index is -0.861. The number of amides is 2. The maximum absolute atomic E-state index is 13.0. The van der Waals surface area contributed by atoms with E-state index in [4.69, 9.17) is 77.0 Å². The van der Waals surface area contributed by atoms with Gasteiger partial charge in [-0.05, 0) is 88.8 Å². The second-order valence-corrected chi connectivity index (χ2v) is 16.4. The van der Waals surface area contributed by atoms with Crippen LogP contribution in [0.15, 0.2) is 35.8 Å². The maximum Gasteiger partial charge on any atom is 0.513 e. The van der Waals surface area contributed by atoms with Gasteiger partial charge < -0.3 is 39.4 Å². The van der Waals surface area contributed by atoms with Crippen molar-refractivity contribution in [2.24, 2.45) is 0 Å². The van der Waals surface area contributed by atoms with Crippen LogP contribution in [-0.4, -0.2) is 79.2 Å². The highest BCUT2D eigenvalue weighted by molar-refractivity contribution is 6.61. The molecule has 2 aromatic rings. The first-order valence-corrected chi connectivity index (χ1v) is 21.6. The zero-order valence-corrected chi connectivity index (χ0v) is 37.4. The van der Waals surface area contributed by atoms with Crippen LogP contribution in [0.3, 0.4) is 0 Å². The third kappa shape index (κ3) is 12.4. The Kier molecular flexibility index (Phi) is 18.5. The van der Waals surface area contributed by atoms with E-state index in [1.54, 1.807) is 24.3 Å². The molecule has 0 unspecified atom stereocenters. The highest BCUT2D eigenvalue weighted by atomic mass is 35.5. The summed E-state index contributed by atoms with van der Waals surface area (Å²) in [4.78, 5) is 47.6. The lowest BCUT2D eigenvalue weighted by molar-refractivity contribution is -0.117. The minimum Gasteiger partial charge on any atom is -0.509 e. The van der Waals surface area contributed by atoms with Crippen molar-refractivity contribution < 1.29 is 48.0 Å². The summed E-state index contributed by atoms with van der Waals surface area (Å²) in [6.07, 6.45) is 8.14. The number of hydrogen-bond acceptors (Lipinski definition) is 10. The number of halogens is 5. The number of ether oxygens (including phenoxy) is 5. The van der Waals surface area contributed by atoms with E-state index < -0.39 is 22.7 Å². The number of benzene rings is 2. The van der Waals surface area contributed by atoms with Gasteiger partial charge in [-0.2, -0.15) is 0 Å². The van der Waals surface area contributed by atoms with Crippen molar-refractivity contribution in [3.8, 4) is 0 Å². The Bertz CT molecular complexity index is 1920. The predicted octanol–water partition coefficient (Wildman–Crippen LogP) is 10.8. The molecule has 0 saturated heterocycles. The van der Waals surface area contributed by atoms with Gasteiger partial charge in [0.25, 0.3) is 11.8 Å². The fourth-order valence-electron chi connectivity index (χ4n) is 7.50. The van der Waals surface area contributed by atoms with Crippen LogP contribution in [0.1, 0.15) is 100 Å². The van der Waals surface area contributed by atoms with Crippen LogP contribution in [0.4, 0.5) is 9.59 Å². The van der Waals surface area contributed by atoms with Gasteiger partial charge in [0.2, 0.25) is 0 Å². The maximum atomic E-state index is 13.0. The molecule has 4 aliphatic rings. The molecule has 2 spiro atoms. The first-order chi connectivity index (χ1) is 28.1. The van der Waals surface area contributed by atoms with Gasteiger partial charge in [-0.3, -0.25) is 9.59 Å². The van der Waals surface area contributed by atoms with Gasteiger partial charge in [-0.1, -0.05) is 84.9 Å². The third-order valence-corrected chi connectivity index (χ3v) is 12.0. The first-order valence-electron chi connectivity index (χ1n) is 19.7. The molecule has 2 amide bonds. The molecule has 0 aromatic heterocycles. The average molecular weight is 921 g/mol. The van der Waals surface area contributed by atoms with Gasteiger partial charge in [0.05, 0.1) is 45.5 Å². The van der Waals surface area contributed by atoms with Crippen LogP contribution < -0.4 is 10.6 Å². The van der Waals surface area contributed by atoms with Crippen molar-refractivity contribution in [2.75, 3.05) is 39.6 Å². The molecule has 59 heavy (non-hydrogen) atoms. The molecule has 6 rings (SSSR count). The van der Waals surface area contributed by atoms with Gasteiger partial charge in [0.15, 0.2) is 5.76 Å². The zero-order chi connectivity index (χ0) is 43.3. The number of aliphatic hydroxyl groups excluding tert-OH is 1. The summed E-state index contributed by atoms with van der Waals surface area (Å²) in [5.74, 6) is -0.145. The van der Waals surface area contributed by atoms with Gasteiger partial charge in [0, 0.05) is 46.0 Å². The molecular formula is C42H51Cl5N2O10. The fourth-order valence-corrected chi connectivity index (χ4v) is 8.53. The van der Waals surface area contributed by atoms with Crippen molar-refractivity contribution in [2.45, 2.75) is 103 Å². The van der Waals surface area contributed by atoms with E-state index in [0.29, 0.717) is 69.5 Å². The van der Waals surface area contributed by atoms with E-state index in [1.807, 2.05) is 27.7 Å². The largest absolute Gasteiger partial charge is 0.513 e. The van der Waals surface area contributed by atoms with Gasteiger partial charge in [0.1, 0.15) is 19.0 Å². The van der Waals surface area contributed by atoms with Crippen molar-refractivity contribution in [1.82, 2.24) is 10.6 Å². The average Bonchev–Trinajstić information content (AvgIpc) is 3.58. The molecule has 2 fully saturated rings. The SMILES string of the molecule is CCOCCOC(=O)Cl.CCOCCOC(=O)OC1=C(c2cc(C)c(Cl)cc2Cl)C(=O)NC12CCCCC2.Cc1cc(C2=C(O)C3(CCCCC3)NC2=O)c(Cl)cc1Cl. The fraction of sp³-hybridized carbons (Fsp3) is 0.524. The van der Waals surface area contributed by atoms with Gasteiger partial charge in [-0.15, -0.1) is 0 Å². The predicted molar refractivity (Wildman–Crippen MR) is 229 cm³/mol. The summed E-state index contributed by atoms with van der Waals surface area (Å²) >= 11 is 29.7. The highest BCUT2D eigenvalue weighted by Crippen LogP contribution is 2.46. The number of rotatable bonds is 11. The normalized spacial score (nSPS) is 17.8. The van der Waals surface area contributed by atoms with Gasteiger partial charge in [-0.25, -0.2) is 9.59 Å². The minimum absolute atomic E-state index is 0.0739. The number of carbonyl (C=O) groups excluding carboxylic acids is 4. The molecule has 2 aliphatic heterocycles. The first kappa shape index (κ1) is 48.4. The van der Waals surface area contributed by atoms with E-state index >= 15 is 0 Å². The second-order valence-electron chi connectivity index (χ2n) is 14.5. The summed E-state index contributed by atoms with van der Waals surface area (Å²) < 4.78 is 25.1. The Morgan fingerprint density at radius 1 is 0.644 bits per heavy atom. The third-order valence-electron chi connectivity index (χ3n) is 10.4. The Morgan fingerprint density at radius 2 is 1.08 bits per heavy atom. The van der Waals surface area contributed by atoms with E-state index in [0.717, 1.165) is 62.5 Å². The standard InChI is InChI=1S/C21H25Cl2NO5.C16H17Cl2NO2.C5H9ClO3/c1-3-27-9-10-28-20(26)29-18-17(14-11-13(2)15(22)12-16(14)23)19(25)24-21(18)7-5-4-6-8-21;1-9-7-10(12(18)8-11(9)17)13-14(20)16(19-15(13)21)5-3-2-4-6-16;1-2-8-3-4-9-5(6)7/h11-12H,3-10H2,1-2H3,(H,24,25);7-8,20H,2-6H2,1H3,(H,19,21);2-4H2,1H3. The van der Waals surface area contributed by atoms with Crippen LogP contribution in [0.5, 0.6) is 0 Å². The number of aliphatic hydroxyl groups is 1. The molecule has 0 bridgehead atoms. The van der Waals surface area contributed by atoms with E-state index in [-0.39, 0.29) is 48.7 Å². The highest BCUT2D eigenvalue weighted by Gasteiger charge is 2.49. The Balaban J connectivity index is 0.000000223. The lowest BCUT2D eigenvalue weighted by Crippen LogP contribution is -2.46. The van der Waals surface area contributed by atoms with Crippen LogP contribution in [0.25, 0.3) is 11.1 Å². The monoisotopic (exact) mass is 918 g/mol.